The first kappa shape index (κ1) is 24.6. The number of benzene rings is 3. The van der Waals surface area contributed by atoms with Gasteiger partial charge in [0.2, 0.25) is 0 Å². The monoisotopic (exact) mass is 490 g/mol. The molecule has 0 aliphatic rings. The second-order valence-electron chi connectivity index (χ2n) is 6.81. The van der Waals surface area contributed by atoms with Crippen molar-refractivity contribution in [1.82, 2.24) is 0 Å². The van der Waals surface area contributed by atoms with Crippen LogP contribution in [0, 0.1) is 11.6 Å². The van der Waals surface area contributed by atoms with Gasteiger partial charge >= 0.3 is 5.97 Å². The molecule has 0 unspecified atom stereocenters. The highest BCUT2D eigenvalue weighted by Gasteiger charge is 2.20. The molecule has 3 aromatic carbocycles. The van der Waals surface area contributed by atoms with Gasteiger partial charge in [0.15, 0.2) is 18.2 Å². The summed E-state index contributed by atoms with van der Waals surface area (Å²) in [6.07, 6.45) is 0. The number of halogens is 2. The Hall–Kier alpha value is -3.99. The number of hydrogen-bond acceptors (Lipinski definition) is 6. The number of amides is 1. The lowest BCUT2D eigenvalue weighted by Crippen LogP contribution is -2.22. The molecule has 0 aliphatic carbocycles. The van der Waals surface area contributed by atoms with E-state index in [0.717, 1.165) is 18.2 Å². The van der Waals surface area contributed by atoms with Crippen LogP contribution in [0.15, 0.2) is 71.6 Å². The number of carbonyl (C=O) groups is 2. The molecule has 1 amide bonds. The number of anilines is 2. The molecule has 34 heavy (non-hydrogen) atoms. The maximum absolute atomic E-state index is 13.2. The first-order valence-electron chi connectivity index (χ1n) is 9.96. The molecule has 0 radical (unpaired) electrons. The third-order valence-corrected chi connectivity index (χ3v) is 5.76. The molecule has 2 N–H and O–H groups in total. The van der Waals surface area contributed by atoms with E-state index < -0.39 is 40.1 Å². The summed E-state index contributed by atoms with van der Waals surface area (Å²) in [4.78, 5) is 24.4. The highest BCUT2D eigenvalue weighted by atomic mass is 32.2. The number of hydrogen-bond donors (Lipinski definition) is 2. The fraction of sp³-hybridized carbons (Fsp3) is 0.130. The topological polar surface area (TPSA) is 111 Å². The molecule has 0 fully saturated rings. The average molecular weight is 490 g/mol. The molecule has 8 nitrogen and oxygen atoms in total. The van der Waals surface area contributed by atoms with Gasteiger partial charge in [0.25, 0.3) is 15.9 Å². The first-order chi connectivity index (χ1) is 16.2. The predicted molar refractivity (Wildman–Crippen MR) is 120 cm³/mol. The summed E-state index contributed by atoms with van der Waals surface area (Å²) in [7, 11) is -4.04. The van der Waals surface area contributed by atoms with Gasteiger partial charge in [-0.25, -0.2) is 22.0 Å². The Bertz CT molecular complexity index is 1300. The number of carbonyl (C=O) groups excluding carboxylic acids is 2. The van der Waals surface area contributed by atoms with Gasteiger partial charge in [-0.3, -0.25) is 9.52 Å². The number of nitrogens with one attached hydrogen (secondary N) is 2. The van der Waals surface area contributed by atoms with E-state index >= 15 is 0 Å². The highest BCUT2D eigenvalue weighted by Crippen LogP contribution is 2.23. The van der Waals surface area contributed by atoms with Crippen molar-refractivity contribution < 1.29 is 36.3 Å². The number of para-hydroxylation sites is 1. The van der Waals surface area contributed by atoms with E-state index in [0.29, 0.717) is 12.4 Å². The maximum Gasteiger partial charge on any atom is 0.340 e. The third kappa shape index (κ3) is 6.29. The Morgan fingerprint density at radius 1 is 0.941 bits per heavy atom. The van der Waals surface area contributed by atoms with Crippen LogP contribution in [0.1, 0.15) is 17.3 Å². The molecule has 0 saturated heterocycles. The van der Waals surface area contributed by atoms with Crippen LogP contribution in [0.4, 0.5) is 20.2 Å². The Kier molecular flexibility index (Phi) is 7.79. The van der Waals surface area contributed by atoms with Crippen molar-refractivity contribution in [1.29, 1.82) is 0 Å². The Morgan fingerprint density at radius 2 is 1.65 bits per heavy atom. The standard InChI is InChI=1S/C23H20F2N2O6S/c1-2-32-16-8-10-17(11-9-16)34(30,31)27-21-6-4-3-5-18(21)23(29)33-14-22(28)26-15-7-12-19(24)20(25)13-15/h3-13,27H,2,14H2,1H3,(H,26,28). The fourth-order valence-electron chi connectivity index (χ4n) is 2.82. The van der Waals surface area contributed by atoms with Gasteiger partial charge < -0.3 is 14.8 Å². The van der Waals surface area contributed by atoms with Crippen molar-refractivity contribution in [3.63, 3.8) is 0 Å². The van der Waals surface area contributed by atoms with Crippen LogP contribution < -0.4 is 14.8 Å². The van der Waals surface area contributed by atoms with Crippen LogP contribution in [0.3, 0.4) is 0 Å². The quantitative estimate of drug-likeness (QED) is 0.440. The number of esters is 1. The molecule has 3 rings (SSSR count). The summed E-state index contributed by atoms with van der Waals surface area (Å²) >= 11 is 0. The van der Waals surface area contributed by atoms with E-state index in [1.807, 2.05) is 0 Å². The highest BCUT2D eigenvalue weighted by molar-refractivity contribution is 7.92. The lowest BCUT2D eigenvalue weighted by atomic mass is 10.2. The summed E-state index contributed by atoms with van der Waals surface area (Å²) in [6.45, 7) is 1.49. The molecular formula is C23H20F2N2O6S. The van der Waals surface area contributed by atoms with Crippen molar-refractivity contribution in [3.05, 3.63) is 83.9 Å². The van der Waals surface area contributed by atoms with Crippen molar-refractivity contribution in [2.75, 3.05) is 23.3 Å². The van der Waals surface area contributed by atoms with Crippen LogP contribution in [0.25, 0.3) is 0 Å². The number of rotatable bonds is 9. The zero-order valence-electron chi connectivity index (χ0n) is 17.9. The van der Waals surface area contributed by atoms with Gasteiger partial charge in [-0.1, -0.05) is 12.1 Å². The summed E-state index contributed by atoms with van der Waals surface area (Å²) in [5.41, 5.74) is -0.205. The van der Waals surface area contributed by atoms with E-state index in [2.05, 4.69) is 10.0 Å². The summed E-state index contributed by atoms with van der Waals surface area (Å²) in [5, 5.41) is 2.26. The van der Waals surface area contributed by atoms with Crippen molar-refractivity contribution in [2.24, 2.45) is 0 Å². The number of sulfonamides is 1. The SMILES string of the molecule is CCOc1ccc(S(=O)(=O)Nc2ccccc2C(=O)OCC(=O)Nc2ccc(F)c(F)c2)cc1. The Labute approximate surface area is 194 Å². The van der Waals surface area contributed by atoms with E-state index in [1.54, 1.807) is 6.92 Å². The predicted octanol–water partition coefficient (Wildman–Crippen LogP) is 3.96. The van der Waals surface area contributed by atoms with Gasteiger partial charge in [0.1, 0.15) is 5.75 Å². The van der Waals surface area contributed by atoms with Crippen molar-refractivity contribution >= 4 is 33.3 Å². The van der Waals surface area contributed by atoms with Gasteiger partial charge in [-0.2, -0.15) is 0 Å². The second-order valence-corrected chi connectivity index (χ2v) is 8.49. The maximum atomic E-state index is 13.2. The van der Waals surface area contributed by atoms with Crippen LogP contribution in [0.5, 0.6) is 5.75 Å². The second kappa shape index (κ2) is 10.8. The first-order valence-corrected chi connectivity index (χ1v) is 11.4. The zero-order valence-corrected chi connectivity index (χ0v) is 18.7. The molecule has 0 spiro atoms. The normalized spacial score (nSPS) is 10.9. The lowest BCUT2D eigenvalue weighted by molar-refractivity contribution is -0.119. The molecule has 0 aromatic heterocycles. The zero-order chi connectivity index (χ0) is 24.7. The summed E-state index contributed by atoms with van der Waals surface area (Å²) < 4.78 is 64.3. The van der Waals surface area contributed by atoms with Gasteiger partial charge in [0.05, 0.1) is 22.8 Å². The molecule has 11 heteroatoms. The summed E-state index contributed by atoms with van der Waals surface area (Å²) in [6, 6.07) is 14.2. The van der Waals surface area contributed by atoms with Crippen LogP contribution in [-0.4, -0.2) is 33.5 Å². The van der Waals surface area contributed by atoms with Gasteiger partial charge in [0, 0.05) is 11.8 Å². The van der Waals surface area contributed by atoms with Crippen LogP contribution >= 0.6 is 0 Å². The van der Waals surface area contributed by atoms with Crippen LogP contribution in [0.2, 0.25) is 0 Å². The lowest BCUT2D eigenvalue weighted by Gasteiger charge is -2.13. The minimum atomic E-state index is -4.04. The van der Waals surface area contributed by atoms with E-state index in [1.165, 1.54) is 48.5 Å². The average Bonchev–Trinajstić information content (AvgIpc) is 2.80. The molecule has 0 atom stereocenters. The van der Waals surface area contributed by atoms with Crippen LogP contribution in [-0.2, 0) is 19.6 Å². The molecule has 3 aromatic rings. The largest absolute Gasteiger partial charge is 0.494 e. The van der Waals surface area contributed by atoms with Gasteiger partial charge in [-0.05, 0) is 55.5 Å². The van der Waals surface area contributed by atoms with Gasteiger partial charge in [-0.15, -0.1) is 0 Å². The molecule has 0 heterocycles. The van der Waals surface area contributed by atoms with Crippen molar-refractivity contribution in [3.8, 4) is 5.75 Å². The molecule has 178 valence electrons. The Morgan fingerprint density at radius 3 is 2.32 bits per heavy atom. The molecule has 0 saturated carbocycles. The molecule has 0 bridgehead atoms. The van der Waals surface area contributed by atoms with E-state index in [9.17, 15) is 26.8 Å². The third-order valence-electron chi connectivity index (χ3n) is 4.37. The van der Waals surface area contributed by atoms with E-state index in [4.69, 9.17) is 9.47 Å². The minimum Gasteiger partial charge on any atom is -0.494 e. The Balaban J connectivity index is 1.67. The van der Waals surface area contributed by atoms with E-state index in [-0.39, 0.29) is 21.8 Å². The van der Waals surface area contributed by atoms with Crippen molar-refractivity contribution in [2.45, 2.75) is 11.8 Å². The summed E-state index contributed by atoms with van der Waals surface area (Å²) in [5.74, 6) is -3.48. The smallest absolute Gasteiger partial charge is 0.340 e. The fourth-order valence-corrected chi connectivity index (χ4v) is 3.90. The number of ether oxygens (including phenoxy) is 2. The molecular weight excluding hydrogens is 470 g/mol. The molecule has 0 aliphatic heterocycles. The minimum absolute atomic E-state index is 0.0246.